The number of nitrogens with zero attached hydrogens (tertiary/aromatic N) is 1. The lowest BCUT2D eigenvalue weighted by atomic mass is 10.0. The largest absolute Gasteiger partial charge is 0.494 e. The van der Waals surface area contributed by atoms with Gasteiger partial charge in [0.15, 0.2) is 0 Å². The SMILES string of the molecule is CCOc1cc(NCC2CCCOC2)cc([N+](=O)[O-])c1. The van der Waals surface area contributed by atoms with Crippen molar-refractivity contribution in [2.75, 3.05) is 31.7 Å². The minimum Gasteiger partial charge on any atom is -0.494 e. The third-order valence-corrected chi connectivity index (χ3v) is 3.26. The van der Waals surface area contributed by atoms with Gasteiger partial charge in [-0.2, -0.15) is 0 Å². The summed E-state index contributed by atoms with van der Waals surface area (Å²) in [5.74, 6) is 0.975. The number of benzene rings is 1. The second kappa shape index (κ2) is 7.09. The molecule has 1 unspecified atom stereocenters. The molecule has 6 nitrogen and oxygen atoms in total. The molecule has 1 fully saturated rings. The fraction of sp³-hybridized carbons (Fsp3) is 0.571. The van der Waals surface area contributed by atoms with E-state index in [9.17, 15) is 10.1 Å². The first-order valence-electron chi connectivity index (χ1n) is 6.93. The van der Waals surface area contributed by atoms with Gasteiger partial charge in [0.2, 0.25) is 0 Å². The van der Waals surface area contributed by atoms with E-state index in [1.807, 2.05) is 6.92 Å². The van der Waals surface area contributed by atoms with Gasteiger partial charge in [-0.1, -0.05) is 0 Å². The predicted molar refractivity (Wildman–Crippen MR) is 76.3 cm³/mol. The number of rotatable bonds is 6. The number of non-ortho nitro benzene ring substituents is 1. The van der Waals surface area contributed by atoms with Crippen LogP contribution in [0.1, 0.15) is 19.8 Å². The van der Waals surface area contributed by atoms with Crippen LogP contribution in [0.15, 0.2) is 18.2 Å². The Morgan fingerprint density at radius 2 is 2.35 bits per heavy atom. The van der Waals surface area contributed by atoms with Crippen LogP contribution in [-0.4, -0.2) is 31.3 Å². The normalized spacial score (nSPS) is 18.6. The van der Waals surface area contributed by atoms with Crippen LogP contribution in [0.3, 0.4) is 0 Å². The second-order valence-corrected chi connectivity index (χ2v) is 4.87. The zero-order chi connectivity index (χ0) is 14.4. The predicted octanol–water partition coefficient (Wildman–Crippen LogP) is 2.83. The van der Waals surface area contributed by atoms with Crippen molar-refractivity contribution in [3.8, 4) is 5.75 Å². The molecular formula is C14H20N2O4. The average Bonchev–Trinajstić information content (AvgIpc) is 2.46. The summed E-state index contributed by atoms with van der Waals surface area (Å²) in [5.41, 5.74) is 0.756. The lowest BCUT2D eigenvalue weighted by molar-refractivity contribution is -0.384. The molecule has 2 rings (SSSR count). The highest BCUT2D eigenvalue weighted by Crippen LogP contribution is 2.26. The van der Waals surface area contributed by atoms with Gasteiger partial charge in [0.05, 0.1) is 24.2 Å². The maximum Gasteiger partial charge on any atom is 0.275 e. The number of hydrogen-bond donors (Lipinski definition) is 1. The van der Waals surface area contributed by atoms with E-state index >= 15 is 0 Å². The van der Waals surface area contributed by atoms with Gasteiger partial charge in [-0.15, -0.1) is 0 Å². The van der Waals surface area contributed by atoms with Gasteiger partial charge in [0, 0.05) is 31.0 Å². The summed E-state index contributed by atoms with van der Waals surface area (Å²) >= 11 is 0. The molecule has 110 valence electrons. The molecule has 1 aromatic carbocycles. The minimum atomic E-state index is -0.405. The second-order valence-electron chi connectivity index (χ2n) is 4.87. The smallest absolute Gasteiger partial charge is 0.275 e. The Hall–Kier alpha value is -1.82. The molecule has 0 spiro atoms. The van der Waals surface area contributed by atoms with Crippen LogP contribution in [0.2, 0.25) is 0 Å². The summed E-state index contributed by atoms with van der Waals surface area (Å²) < 4.78 is 10.8. The van der Waals surface area contributed by atoms with Crippen LogP contribution < -0.4 is 10.1 Å². The quantitative estimate of drug-likeness (QED) is 0.640. The zero-order valence-corrected chi connectivity index (χ0v) is 11.6. The van der Waals surface area contributed by atoms with Crippen molar-refractivity contribution in [2.24, 2.45) is 5.92 Å². The third kappa shape index (κ3) is 4.09. The Kier molecular flexibility index (Phi) is 5.17. The molecule has 1 N–H and O–H groups in total. The Balaban J connectivity index is 2.03. The van der Waals surface area contributed by atoms with Crippen molar-refractivity contribution in [3.63, 3.8) is 0 Å². The van der Waals surface area contributed by atoms with E-state index in [1.165, 1.54) is 12.1 Å². The van der Waals surface area contributed by atoms with Crippen LogP contribution in [0.25, 0.3) is 0 Å². The first-order valence-corrected chi connectivity index (χ1v) is 6.93. The number of ether oxygens (including phenoxy) is 2. The molecule has 1 aliphatic heterocycles. The third-order valence-electron chi connectivity index (χ3n) is 3.26. The Morgan fingerprint density at radius 3 is 3.00 bits per heavy atom. The summed E-state index contributed by atoms with van der Waals surface area (Å²) in [5, 5.41) is 14.2. The fourth-order valence-electron chi connectivity index (χ4n) is 2.27. The van der Waals surface area contributed by atoms with Crippen molar-refractivity contribution in [1.29, 1.82) is 0 Å². The number of hydrogen-bond acceptors (Lipinski definition) is 5. The first kappa shape index (κ1) is 14.6. The first-order chi connectivity index (χ1) is 9.69. The van der Waals surface area contributed by atoms with E-state index in [0.29, 0.717) is 24.0 Å². The number of nitro benzene ring substituents is 1. The fourth-order valence-corrected chi connectivity index (χ4v) is 2.27. The zero-order valence-electron chi connectivity index (χ0n) is 11.6. The molecule has 1 saturated heterocycles. The molecule has 0 radical (unpaired) electrons. The van der Waals surface area contributed by atoms with E-state index in [0.717, 1.165) is 32.6 Å². The van der Waals surface area contributed by atoms with E-state index in [-0.39, 0.29) is 5.69 Å². The lowest BCUT2D eigenvalue weighted by Gasteiger charge is -2.22. The molecule has 0 saturated carbocycles. The molecule has 0 bridgehead atoms. The molecule has 1 aromatic rings. The Morgan fingerprint density at radius 1 is 1.50 bits per heavy atom. The highest BCUT2D eigenvalue weighted by atomic mass is 16.6. The minimum absolute atomic E-state index is 0.0401. The van der Waals surface area contributed by atoms with Crippen molar-refractivity contribution in [2.45, 2.75) is 19.8 Å². The van der Waals surface area contributed by atoms with Crippen LogP contribution >= 0.6 is 0 Å². The van der Waals surface area contributed by atoms with Crippen LogP contribution in [0, 0.1) is 16.0 Å². The summed E-state index contributed by atoms with van der Waals surface area (Å²) in [6.07, 6.45) is 2.20. The van der Waals surface area contributed by atoms with Crippen LogP contribution in [0.5, 0.6) is 5.75 Å². The summed E-state index contributed by atoms with van der Waals surface area (Å²) in [6, 6.07) is 4.77. The molecule has 1 heterocycles. The highest BCUT2D eigenvalue weighted by molar-refractivity contribution is 5.56. The van der Waals surface area contributed by atoms with Crippen molar-refractivity contribution >= 4 is 11.4 Å². The van der Waals surface area contributed by atoms with E-state index in [1.54, 1.807) is 6.07 Å². The highest BCUT2D eigenvalue weighted by Gasteiger charge is 2.15. The van der Waals surface area contributed by atoms with E-state index in [2.05, 4.69) is 5.32 Å². The monoisotopic (exact) mass is 280 g/mol. The Bertz CT molecular complexity index is 458. The van der Waals surface area contributed by atoms with Crippen LogP contribution in [-0.2, 0) is 4.74 Å². The van der Waals surface area contributed by atoms with Gasteiger partial charge in [-0.25, -0.2) is 0 Å². The maximum absolute atomic E-state index is 10.9. The number of anilines is 1. The average molecular weight is 280 g/mol. The maximum atomic E-state index is 10.9. The van der Waals surface area contributed by atoms with Gasteiger partial charge < -0.3 is 14.8 Å². The molecule has 6 heteroatoms. The molecule has 20 heavy (non-hydrogen) atoms. The van der Waals surface area contributed by atoms with E-state index in [4.69, 9.17) is 9.47 Å². The topological polar surface area (TPSA) is 73.6 Å². The van der Waals surface area contributed by atoms with Crippen molar-refractivity contribution in [1.82, 2.24) is 0 Å². The molecule has 1 atom stereocenters. The summed E-state index contributed by atoms with van der Waals surface area (Å²) in [7, 11) is 0. The van der Waals surface area contributed by atoms with Crippen molar-refractivity contribution < 1.29 is 14.4 Å². The molecule has 1 aliphatic rings. The van der Waals surface area contributed by atoms with Gasteiger partial charge in [0.25, 0.3) is 5.69 Å². The van der Waals surface area contributed by atoms with Gasteiger partial charge in [0.1, 0.15) is 5.75 Å². The number of nitro groups is 1. The Labute approximate surface area is 118 Å². The summed E-state index contributed by atoms with van der Waals surface area (Å²) in [4.78, 5) is 10.5. The van der Waals surface area contributed by atoms with E-state index < -0.39 is 4.92 Å². The molecule has 0 aromatic heterocycles. The van der Waals surface area contributed by atoms with Crippen molar-refractivity contribution in [3.05, 3.63) is 28.3 Å². The van der Waals surface area contributed by atoms with Gasteiger partial charge in [-0.05, 0) is 25.7 Å². The molecule has 0 amide bonds. The van der Waals surface area contributed by atoms with Gasteiger partial charge >= 0.3 is 0 Å². The number of nitrogens with one attached hydrogen (secondary N) is 1. The molecular weight excluding hydrogens is 260 g/mol. The summed E-state index contributed by atoms with van der Waals surface area (Å²) in [6.45, 7) is 4.68. The van der Waals surface area contributed by atoms with Gasteiger partial charge in [-0.3, -0.25) is 10.1 Å². The standard InChI is InChI=1S/C14H20N2O4/c1-2-20-14-7-12(6-13(8-14)16(17)18)15-9-11-4-3-5-19-10-11/h6-8,11,15H,2-5,9-10H2,1H3. The molecule has 0 aliphatic carbocycles. The van der Waals surface area contributed by atoms with Crippen LogP contribution in [0.4, 0.5) is 11.4 Å². The lowest BCUT2D eigenvalue weighted by Crippen LogP contribution is -2.24.